The van der Waals surface area contributed by atoms with Gasteiger partial charge in [-0.3, -0.25) is 0 Å². The molecule has 2 heteroatoms. The summed E-state index contributed by atoms with van der Waals surface area (Å²) in [6, 6.07) is 8.23. The van der Waals surface area contributed by atoms with E-state index in [4.69, 9.17) is 5.73 Å². The van der Waals surface area contributed by atoms with Gasteiger partial charge in [-0.15, -0.1) is 0 Å². The van der Waals surface area contributed by atoms with Gasteiger partial charge >= 0.3 is 0 Å². The summed E-state index contributed by atoms with van der Waals surface area (Å²) >= 11 is 0. The smallest absolute Gasteiger partial charge is 0.0367 e. The minimum atomic E-state index is 0.754. The lowest BCUT2D eigenvalue weighted by atomic mass is 10.1. The van der Waals surface area contributed by atoms with Crippen LogP contribution in [0.3, 0.4) is 0 Å². The molecule has 1 atom stereocenters. The second-order valence-corrected chi connectivity index (χ2v) is 4.93. The standard InChI is InChI=1S/C15H26N2/c1-4-6-13(3)12-17(11-5-2)15-9-7-14(16)8-10-15/h7-10,13H,4-6,11-12,16H2,1-3H3. The van der Waals surface area contributed by atoms with E-state index in [1.807, 2.05) is 12.1 Å². The largest absolute Gasteiger partial charge is 0.399 e. The maximum atomic E-state index is 5.73. The molecule has 1 rings (SSSR count). The molecule has 1 aromatic carbocycles. The van der Waals surface area contributed by atoms with E-state index >= 15 is 0 Å². The number of nitrogens with zero attached hydrogens (tertiary/aromatic N) is 1. The summed E-state index contributed by atoms with van der Waals surface area (Å²) in [5, 5.41) is 0. The van der Waals surface area contributed by atoms with Crippen LogP contribution in [0, 0.1) is 5.92 Å². The number of rotatable bonds is 7. The highest BCUT2D eigenvalue weighted by Gasteiger charge is 2.09. The summed E-state index contributed by atoms with van der Waals surface area (Å²) in [4.78, 5) is 2.47. The van der Waals surface area contributed by atoms with Crippen molar-refractivity contribution in [3.63, 3.8) is 0 Å². The molecular formula is C15H26N2. The number of hydrogen-bond acceptors (Lipinski definition) is 2. The van der Waals surface area contributed by atoms with E-state index in [1.54, 1.807) is 0 Å². The van der Waals surface area contributed by atoms with Crippen molar-refractivity contribution in [3.05, 3.63) is 24.3 Å². The first kappa shape index (κ1) is 13.9. The van der Waals surface area contributed by atoms with Gasteiger partial charge in [-0.1, -0.05) is 27.2 Å². The van der Waals surface area contributed by atoms with Crippen LogP contribution in [0.15, 0.2) is 24.3 Å². The number of hydrogen-bond donors (Lipinski definition) is 1. The third-order valence-corrected chi connectivity index (χ3v) is 3.07. The van der Waals surface area contributed by atoms with Crippen LogP contribution >= 0.6 is 0 Å². The first-order chi connectivity index (χ1) is 8.17. The van der Waals surface area contributed by atoms with Crippen LogP contribution in [0.4, 0.5) is 11.4 Å². The van der Waals surface area contributed by atoms with E-state index in [-0.39, 0.29) is 0 Å². The maximum absolute atomic E-state index is 5.73. The van der Waals surface area contributed by atoms with Gasteiger partial charge in [-0.25, -0.2) is 0 Å². The molecule has 0 fully saturated rings. The Labute approximate surface area is 106 Å². The van der Waals surface area contributed by atoms with Crippen molar-refractivity contribution in [2.24, 2.45) is 5.92 Å². The molecule has 0 bridgehead atoms. The predicted molar refractivity (Wildman–Crippen MR) is 77.4 cm³/mol. The van der Waals surface area contributed by atoms with Crippen molar-refractivity contribution in [3.8, 4) is 0 Å². The molecule has 0 aliphatic rings. The van der Waals surface area contributed by atoms with E-state index in [2.05, 4.69) is 37.8 Å². The molecule has 2 nitrogen and oxygen atoms in total. The minimum Gasteiger partial charge on any atom is -0.399 e. The summed E-state index contributed by atoms with van der Waals surface area (Å²) in [5.74, 6) is 0.754. The van der Waals surface area contributed by atoms with Gasteiger partial charge in [0, 0.05) is 24.5 Å². The quantitative estimate of drug-likeness (QED) is 0.724. The van der Waals surface area contributed by atoms with Crippen LogP contribution in [0.25, 0.3) is 0 Å². The summed E-state index contributed by atoms with van der Waals surface area (Å²) in [6.45, 7) is 9.09. The Morgan fingerprint density at radius 1 is 1.12 bits per heavy atom. The number of anilines is 2. The molecule has 1 aromatic rings. The van der Waals surface area contributed by atoms with E-state index in [0.29, 0.717) is 0 Å². The topological polar surface area (TPSA) is 29.3 Å². The van der Waals surface area contributed by atoms with Crippen molar-refractivity contribution in [1.82, 2.24) is 0 Å². The second-order valence-electron chi connectivity index (χ2n) is 4.93. The van der Waals surface area contributed by atoms with Gasteiger partial charge in [-0.2, -0.15) is 0 Å². The summed E-state index contributed by atoms with van der Waals surface area (Å²) in [5.41, 5.74) is 7.87. The fourth-order valence-electron chi connectivity index (χ4n) is 2.24. The molecule has 0 spiro atoms. The van der Waals surface area contributed by atoms with Gasteiger partial charge in [0.05, 0.1) is 0 Å². The number of nitrogens with two attached hydrogens (primary N) is 1. The normalized spacial score (nSPS) is 12.4. The highest BCUT2D eigenvalue weighted by atomic mass is 15.1. The lowest BCUT2D eigenvalue weighted by molar-refractivity contribution is 0.510. The van der Waals surface area contributed by atoms with Crippen molar-refractivity contribution in [1.29, 1.82) is 0 Å². The molecule has 0 amide bonds. The first-order valence-corrected chi connectivity index (χ1v) is 6.77. The average molecular weight is 234 g/mol. The van der Waals surface area contributed by atoms with Crippen LogP contribution < -0.4 is 10.6 Å². The number of benzene rings is 1. The molecular weight excluding hydrogens is 208 g/mol. The molecule has 0 saturated heterocycles. The fraction of sp³-hybridized carbons (Fsp3) is 0.600. The third-order valence-electron chi connectivity index (χ3n) is 3.07. The van der Waals surface area contributed by atoms with Crippen LogP contribution in [-0.4, -0.2) is 13.1 Å². The lowest BCUT2D eigenvalue weighted by Gasteiger charge is -2.27. The van der Waals surface area contributed by atoms with Crippen LogP contribution in [0.2, 0.25) is 0 Å². The molecule has 0 saturated carbocycles. The molecule has 96 valence electrons. The van der Waals surface area contributed by atoms with Gasteiger partial charge in [0.2, 0.25) is 0 Å². The average Bonchev–Trinajstić information content (AvgIpc) is 2.30. The van der Waals surface area contributed by atoms with Crippen LogP contribution in [-0.2, 0) is 0 Å². The van der Waals surface area contributed by atoms with E-state index in [0.717, 1.165) is 24.7 Å². The predicted octanol–water partition coefficient (Wildman–Crippen LogP) is 3.92. The summed E-state index contributed by atoms with van der Waals surface area (Å²) in [6.07, 6.45) is 3.75. The first-order valence-electron chi connectivity index (χ1n) is 6.77. The third kappa shape index (κ3) is 4.68. The summed E-state index contributed by atoms with van der Waals surface area (Å²) < 4.78 is 0. The summed E-state index contributed by atoms with van der Waals surface area (Å²) in [7, 11) is 0. The van der Waals surface area contributed by atoms with Crippen molar-refractivity contribution < 1.29 is 0 Å². The molecule has 0 aliphatic heterocycles. The van der Waals surface area contributed by atoms with Crippen molar-refractivity contribution >= 4 is 11.4 Å². The molecule has 17 heavy (non-hydrogen) atoms. The van der Waals surface area contributed by atoms with Gasteiger partial charge in [-0.05, 0) is 43.0 Å². The van der Waals surface area contributed by atoms with Crippen LogP contribution in [0.5, 0.6) is 0 Å². The zero-order valence-electron chi connectivity index (χ0n) is 11.4. The molecule has 0 aromatic heterocycles. The Morgan fingerprint density at radius 3 is 2.29 bits per heavy atom. The molecule has 0 aliphatic carbocycles. The fourth-order valence-corrected chi connectivity index (χ4v) is 2.24. The minimum absolute atomic E-state index is 0.754. The zero-order chi connectivity index (χ0) is 12.7. The molecule has 0 radical (unpaired) electrons. The van der Waals surface area contributed by atoms with Crippen molar-refractivity contribution in [2.45, 2.75) is 40.0 Å². The van der Waals surface area contributed by atoms with Crippen molar-refractivity contribution in [2.75, 3.05) is 23.7 Å². The Morgan fingerprint density at radius 2 is 1.76 bits per heavy atom. The Bertz CT molecular complexity index is 305. The van der Waals surface area contributed by atoms with E-state index < -0.39 is 0 Å². The van der Waals surface area contributed by atoms with Gasteiger partial charge in [0.25, 0.3) is 0 Å². The highest BCUT2D eigenvalue weighted by Crippen LogP contribution is 2.19. The van der Waals surface area contributed by atoms with Gasteiger partial charge in [0.1, 0.15) is 0 Å². The zero-order valence-corrected chi connectivity index (χ0v) is 11.4. The Kier molecular flexibility index (Phi) is 5.88. The molecule has 2 N–H and O–H groups in total. The highest BCUT2D eigenvalue weighted by molar-refractivity contribution is 5.53. The van der Waals surface area contributed by atoms with Gasteiger partial charge in [0.15, 0.2) is 0 Å². The number of nitrogen functional groups attached to an aromatic ring is 1. The SMILES string of the molecule is CCCC(C)CN(CCC)c1ccc(N)cc1. The van der Waals surface area contributed by atoms with E-state index in [1.165, 1.54) is 24.9 Å². The second kappa shape index (κ2) is 7.21. The lowest BCUT2D eigenvalue weighted by Crippen LogP contribution is -2.29. The monoisotopic (exact) mass is 234 g/mol. The Hall–Kier alpha value is -1.18. The Balaban J connectivity index is 2.67. The van der Waals surface area contributed by atoms with E-state index in [9.17, 15) is 0 Å². The molecule has 0 heterocycles. The molecule has 1 unspecified atom stereocenters. The van der Waals surface area contributed by atoms with Crippen LogP contribution in [0.1, 0.15) is 40.0 Å². The maximum Gasteiger partial charge on any atom is 0.0367 e. The van der Waals surface area contributed by atoms with Gasteiger partial charge < -0.3 is 10.6 Å².